The van der Waals surface area contributed by atoms with E-state index in [2.05, 4.69) is 9.71 Å². The van der Waals surface area contributed by atoms with E-state index in [1.54, 1.807) is 12.1 Å². The van der Waals surface area contributed by atoms with Crippen molar-refractivity contribution in [1.82, 2.24) is 9.71 Å². The summed E-state index contributed by atoms with van der Waals surface area (Å²) in [5, 5.41) is 0.772. The second-order valence-corrected chi connectivity index (χ2v) is 8.15. The molecule has 2 N–H and O–H groups in total. The molecule has 0 spiro atoms. The topological polar surface area (TPSA) is 79.0 Å². The number of nitrogens with one attached hydrogen (secondary N) is 2. The predicted molar refractivity (Wildman–Crippen MR) is 91.2 cm³/mol. The van der Waals surface area contributed by atoms with Crippen molar-refractivity contribution in [3.05, 3.63) is 39.7 Å². The second kappa shape index (κ2) is 6.09. The molecule has 0 radical (unpaired) electrons. The first kappa shape index (κ1) is 16.2. The standard InChI is InChI=1S/C17H22N2O3S/c1-11-9-16(20)18-17-12(2)8-14(10-15(11)17)23(21,22)19-13-6-4-3-5-7-13/h8-10,13,19H,3-7H2,1-2H3,(H,18,20). The molecule has 1 aromatic carbocycles. The molecular formula is C17H22N2O3S. The van der Waals surface area contributed by atoms with Crippen molar-refractivity contribution < 1.29 is 8.42 Å². The van der Waals surface area contributed by atoms with Crippen LogP contribution >= 0.6 is 0 Å². The summed E-state index contributed by atoms with van der Waals surface area (Å²) in [5.41, 5.74) is 2.06. The molecule has 3 rings (SSSR count). The minimum Gasteiger partial charge on any atom is -0.322 e. The van der Waals surface area contributed by atoms with E-state index < -0.39 is 10.0 Å². The van der Waals surface area contributed by atoms with Gasteiger partial charge in [-0.05, 0) is 49.9 Å². The van der Waals surface area contributed by atoms with Crippen LogP contribution in [0.2, 0.25) is 0 Å². The number of sulfonamides is 1. The van der Waals surface area contributed by atoms with Crippen LogP contribution in [0.15, 0.2) is 27.9 Å². The van der Waals surface area contributed by atoms with E-state index in [4.69, 9.17) is 0 Å². The maximum atomic E-state index is 12.7. The quantitative estimate of drug-likeness (QED) is 0.906. The zero-order valence-electron chi connectivity index (χ0n) is 13.5. The summed E-state index contributed by atoms with van der Waals surface area (Å²) in [6.45, 7) is 3.64. The van der Waals surface area contributed by atoms with Crippen molar-refractivity contribution in [2.75, 3.05) is 0 Å². The number of aromatic amines is 1. The predicted octanol–water partition coefficient (Wildman–Crippen LogP) is 2.76. The van der Waals surface area contributed by atoms with Crippen LogP contribution < -0.4 is 10.3 Å². The molecule has 6 heteroatoms. The molecule has 0 saturated heterocycles. The van der Waals surface area contributed by atoms with Gasteiger partial charge in [0.15, 0.2) is 0 Å². The summed E-state index contributed by atoms with van der Waals surface area (Å²) in [5.74, 6) is 0. The van der Waals surface area contributed by atoms with Gasteiger partial charge in [0.1, 0.15) is 0 Å². The molecule has 0 bridgehead atoms. The molecule has 0 amide bonds. The summed E-state index contributed by atoms with van der Waals surface area (Å²) < 4.78 is 28.2. The fourth-order valence-corrected chi connectivity index (χ4v) is 4.74. The fourth-order valence-electron chi connectivity index (χ4n) is 3.33. The van der Waals surface area contributed by atoms with Crippen LogP contribution in [0, 0.1) is 13.8 Å². The lowest BCUT2D eigenvalue weighted by Crippen LogP contribution is -2.36. The van der Waals surface area contributed by atoms with Crippen molar-refractivity contribution in [3.63, 3.8) is 0 Å². The van der Waals surface area contributed by atoms with Gasteiger partial charge in [0.25, 0.3) is 0 Å². The maximum absolute atomic E-state index is 12.7. The minimum absolute atomic E-state index is 0.0291. The lowest BCUT2D eigenvalue weighted by molar-refractivity contribution is 0.412. The Morgan fingerprint density at radius 1 is 1.04 bits per heavy atom. The molecule has 5 nitrogen and oxygen atoms in total. The van der Waals surface area contributed by atoms with Gasteiger partial charge in [-0.3, -0.25) is 4.79 Å². The first-order chi connectivity index (χ1) is 10.9. The molecule has 0 aliphatic heterocycles. The molecule has 1 aliphatic carbocycles. The number of aryl methyl sites for hydroxylation is 2. The molecule has 1 saturated carbocycles. The Kier molecular flexibility index (Phi) is 4.29. The molecule has 1 aromatic heterocycles. The smallest absolute Gasteiger partial charge is 0.248 e. The van der Waals surface area contributed by atoms with Crippen molar-refractivity contribution >= 4 is 20.9 Å². The maximum Gasteiger partial charge on any atom is 0.248 e. The Morgan fingerprint density at radius 3 is 2.43 bits per heavy atom. The molecule has 23 heavy (non-hydrogen) atoms. The van der Waals surface area contributed by atoms with E-state index in [0.717, 1.165) is 42.2 Å². The summed E-state index contributed by atoms with van der Waals surface area (Å²) in [6.07, 6.45) is 5.13. The first-order valence-corrected chi connectivity index (χ1v) is 9.52. The average molecular weight is 334 g/mol. The molecule has 1 fully saturated rings. The lowest BCUT2D eigenvalue weighted by Gasteiger charge is -2.22. The molecule has 2 aromatic rings. The highest BCUT2D eigenvalue weighted by Gasteiger charge is 2.22. The van der Waals surface area contributed by atoms with Crippen LogP contribution in [0.3, 0.4) is 0 Å². The van der Waals surface area contributed by atoms with Crippen LogP contribution in [-0.4, -0.2) is 19.4 Å². The summed E-state index contributed by atoms with van der Waals surface area (Å²) in [4.78, 5) is 14.7. The number of benzene rings is 1. The van der Waals surface area contributed by atoms with Gasteiger partial charge >= 0.3 is 0 Å². The third kappa shape index (κ3) is 3.33. The number of H-pyrrole nitrogens is 1. The number of fused-ring (bicyclic) bond motifs is 1. The third-order valence-electron chi connectivity index (χ3n) is 4.57. The highest BCUT2D eigenvalue weighted by molar-refractivity contribution is 7.89. The van der Waals surface area contributed by atoms with Crippen molar-refractivity contribution in [1.29, 1.82) is 0 Å². The summed E-state index contributed by atoms with van der Waals surface area (Å²) in [7, 11) is -3.54. The lowest BCUT2D eigenvalue weighted by atomic mass is 9.96. The van der Waals surface area contributed by atoms with E-state index in [-0.39, 0.29) is 16.5 Å². The number of aromatic nitrogens is 1. The first-order valence-electron chi connectivity index (χ1n) is 8.03. The summed E-state index contributed by atoms with van der Waals surface area (Å²) >= 11 is 0. The van der Waals surface area contributed by atoms with Gasteiger partial charge in [0, 0.05) is 17.5 Å². The monoisotopic (exact) mass is 334 g/mol. The van der Waals surface area contributed by atoms with Crippen molar-refractivity contribution in [2.45, 2.75) is 56.9 Å². The number of pyridine rings is 1. The van der Waals surface area contributed by atoms with Crippen LogP contribution in [0.1, 0.15) is 43.2 Å². The van der Waals surface area contributed by atoms with E-state index in [1.807, 2.05) is 13.8 Å². The zero-order chi connectivity index (χ0) is 16.6. The Balaban J connectivity index is 2.03. The number of rotatable bonds is 3. The SMILES string of the molecule is Cc1cc(=O)[nH]c2c(C)cc(S(=O)(=O)NC3CCCCC3)cc12. The highest BCUT2D eigenvalue weighted by Crippen LogP contribution is 2.25. The van der Waals surface area contributed by atoms with E-state index >= 15 is 0 Å². The normalized spacial score (nSPS) is 16.8. The van der Waals surface area contributed by atoms with Crippen LogP contribution in [-0.2, 0) is 10.0 Å². The van der Waals surface area contributed by atoms with Gasteiger partial charge in [-0.25, -0.2) is 13.1 Å². The van der Waals surface area contributed by atoms with Gasteiger partial charge in [0.2, 0.25) is 15.6 Å². The van der Waals surface area contributed by atoms with E-state index in [9.17, 15) is 13.2 Å². The zero-order valence-corrected chi connectivity index (χ0v) is 14.3. The second-order valence-electron chi connectivity index (χ2n) is 6.44. The minimum atomic E-state index is -3.54. The Labute approximate surface area is 136 Å². The van der Waals surface area contributed by atoms with Crippen molar-refractivity contribution in [2.24, 2.45) is 0 Å². The number of hydrogen-bond acceptors (Lipinski definition) is 3. The van der Waals surface area contributed by atoms with Crippen LogP contribution in [0.4, 0.5) is 0 Å². The molecule has 1 aliphatic rings. The number of hydrogen-bond donors (Lipinski definition) is 2. The molecule has 0 atom stereocenters. The van der Waals surface area contributed by atoms with Gasteiger partial charge < -0.3 is 4.98 Å². The third-order valence-corrected chi connectivity index (χ3v) is 6.07. The van der Waals surface area contributed by atoms with Crippen LogP contribution in [0.25, 0.3) is 10.9 Å². The fraction of sp³-hybridized carbons (Fsp3) is 0.471. The largest absolute Gasteiger partial charge is 0.322 e. The highest BCUT2D eigenvalue weighted by atomic mass is 32.2. The Morgan fingerprint density at radius 2 is 1.74 bits per heavy atom. The Hall–Kier alpha value is -1.66. The molecule has 124 valence electrons. The van der Waals surface area contributed by atoms with Crippen LogP contribution in [0.5, 0.6) is 0 Å². The van der Waals surface area contributed by atoms with E-state index in [1.165, 1.54) is 12.5 Å². The average Bonchev–Trinajstić information content (AvgIpc) is 2.48. The van der Waals surface area contributed by atoms with E-state index in [0.29, 0.717) is 5.52 Å². The van der Waals surface area contributed by atoms with Gasteiger partial charge in [0.05, 0.1) is 10.4 Å². The Bertz CT molecular complexity index is 894. The van der Waals surface area contributed by atoms with Gasteiger partial charge in [-0.2, -0.15) is 0 Å². The van der Waals surface area contributed by atoms with Gasteiger partial charge in [-0.1, -0.05) is 19.3 Å². The molecular weight excluding hydrogens is 312 g/mol. The van der Waals surface area contributed by atoms with Gasteiger partial charge in [-0.15, -0.1) is 0 Å². The molecule has 0 unspecified atom stereocenters. The molecule has 1 heterocycles. The van der Waals surface area contributed by atoms with Crippen molar-refractivity contribution in [3.8, 4) is 0 Å². The summed E-state index contributed by atoms with van der Waals surface area (Å²) in [6, 6.07) is 4.80.